The summed E-state index contributed by atoms with van der Waals surface area (Å²) < 4.78 is 6.02. The summed E-state index contributed by atoms with van der Waals surface area (Å²) in [7, 11) is 0. The molecule has 0 aromatic heterocycles. The van der Waals surface area contributed by atoms with Crippen LogP contribution in [0.15, 0.2) is 54.6 Å². The maximum Gasteiger partial charge on any atom is 0.303 e. The zero-order valence-corrected chi connectivity index (χ0v) is 24.2. The molecule has 0 bridgehead atoms. The number of rotatable bonds is 9. The molecule has 4 N–H and O–H groups in total. The van der Waals surface area contributed by atoms with Gasteiger partial charge in [0, 0.05) is 25.7 Å². The van der Waals surface area contributed by atoms with E-state index in [4.69, 9.17) is 25.2 Å². The first-order chi connectivity index (χ1) is 19.0. The number of carboxylic acids is 4. The van der Waals surface area contributed by atoms with E-state index in [9.17, 15) is 19.2 Å². The molecule has 0 fully saturated rings. The van der Waals surface area contributed by atoms with Crippen molar-refractivity contribution in [3.8, 4) is 5.75 Å². The highest BCUT2D eigenvalue weighted by Crippen LogP contribution is 2.34. The second-order valence-electron chi connectivity index (χ2n) is 8.74. The van der Waals surface area contributed by atoms with Gasteiger partial charge >= 0.3 is 23.9 Å². The first-order valence-corrected chi connectivity index (χ1v) is 13.7. The molecule has 2 aromatic rings. The number of ether oxygens (including phenoxy) is 1. The van der Waals surface area contributed by atoms with Crippen LogP contribution in [-0.4, -0.2) is 44.3 Å². The first-order valence-electron chi connectivity index (χ1n) is 13.7. The highest BCUT2D eigenvalue weighted by molar-refractivity contribution is 5.67. The molecule has 0 saturated carbocycles. The van der Waals surface area contributed by atoms with Gasteiger partial charge in [0.05, 0.1) is 0 Å². The lowest BCUT2D eigenvalue weighted by atomic mass is 9.98. The summed E-state index contributed by atoms with van der Waals surface area (Å²) in [5, 5.41) is 31.7. The molecule has 224 valence electrons. The molecule has 9 heteroatoms. The Kier molecular flexibility index (Phi) is 24.3. The maximum atomic E-state index is 9.60. The van der Waals surface area contributed by atoms with Gasteiger partial charge < -0.3 is 25.2 Å². The van der Waals surface area contributed by atoms with Crippen LogP contribution in [0.1, 0.15) is 103 Å². The van der Waals surface area contributed by atoms with Crippen LogP contribution in [0.4, 0.5) is 0 Å². The fraction of sp³-hybridized carbons (Fsp3) is 0.484. The van der Waals surface area contributed by atoms with Gasteiger partial charge in [-0.3, -0.25) is 19.2 Å². The Morgan fingerprint density at radius 1 is 0.625 bits per heavy atom. The van der Waals surface area contributed by atoms with Gasteiger partial charge in [-0.05, 0) is 55.7 Å². The van der Waals surface area contributed by atoms with E-state index in [0.717, 1.165) is 44.3 Å². The largest absolute Gasteiger partial charge is 0.485 e. The maximum absolute atomic E-state index is 9.60. The molecular weight excluding hydrogens is 516 g/mol. The van der Waals surface area contributed by atoms with Crippen molar-refractivity contribution in [2.75, 3.05) is 0 Å². The van der Waals surface area contributed by atoms with Gasteiger partial charge in [0.15, 0.2) is 0 Å². The van der Waals surface area contributed by atoms with Crippen LogP contribution in [0, 0.1) is 0 Å². The minimum Gasteiger partial charge on any atom is -0.485 e. The van der Waals surface area contributed by atoms with Crippen LogP contribution in [0.5, 0.6) is 5.75 Å². The SMILES string of the molecule is CCCC(=O)O.CCCC(=O)O.CCCC(=O)O.CCCC(=O)O.c1ccc(C2CCc3ccccc3O2)cc1. The van der Waals surface area contributed by atoms with E-state index in [1.165, 1.54) is 11.1 Å². The van der Waals surface area contributed by atoms with Crippen LogP contribution < -0.4 is 4.74 Å². The average Bonchev–Trinajstić information content (AvgIpc) is 2.90. The van der Waals surface area contributed by atoms with Gasteiger partial charge in [-0.1, -0.05) is 76.2 Å². The quantitative estimate of drug-likeness (QED) is 0.247. The number of carbonyl (C=O) groups is 4. The van der Waals surface area contributed by atoms with Crippen LogP contribution in [0.3, 0.4) is 0 Å². The topological polar surface area (TPSA) is 158 Å². The predicted molar refractivity (Wildman–Crippen MR) is 155 cm³/mol. The molecular formula is C31H46O9. The molecule has 1 aliphatic heterocycles. The highest BCUT2D eigenvalue weighted by atomic mass is 16.5. The summed E-state index contributed by atoms with van der Waals surface area (Å²) in [6.07, 6.45) is 6.49. The summed E-state index contributed by atoms with van der Waals surface area (Å²) in [4.78, 5) is 38.4. The number of carboxylic acid groups (broad SMARTS) is 4. The standard InChI is InChI=1S/C15H14O.4C4H8O2/c1-2-6-12(7-3-1)15-11-10-13-8-4-5-9-14(13)16-15;4*1-2-3-4(5)6/h1-9,15H,10-11H2;4*2-3H2,1H3,(H,5,6). The third-order valence-electron chi connectivity index (χ3n) is 4.94. The van der Waals surface area contributed by atoms with Gasteiger partial charge in [0.25, 0.3) is 0 Å². The Labute approximate surface area is 237 Å². The molecule has 0 radical (unpaired) electrons. The Bertz CT molecular complexity index is 894. The minimum atomic E-state index is -0.711. The van der Waals surface area contributed by atoms with Crippen LogP contribution in [-0.2, 0) is 25.6 Å². The molecule has 0 amide bonds. The fourth-order valence-corrected chi connectivity index (χ4v) is 3.08. The van der Waals surface area contributed by atoms with E-state index in [1.807, 2.05) is 39.8 Å². The average molecular weight is 563 g/mol. The fourth-order valence-electron chi connectivity index (χ4n) is 3.08. The van der Waals surface area contributed by atoms with Crippen molar-refractivity contribution < 1.29 is 44.3 Å². The Balaban J connectivity index is 0. The molecule has 3 rings (SSSR count). The van der Waals surface area contributed by atoms with Gasteiger partial charge in [-0.25, -0.2) is 0 Å². The van der Waals surface area contributed by atoms with Crippen molar-refractivity contribution in [1.29, 1.82) is 0 Å². The van der Waals surface area contributed by atoms with Crippen molar-refractivity contribution in [1.82, 2.24) is 0 Å². The smallest absolute Gasteiger partial charge is 0.303 e. The molecule has 1 aliphatic rings. The van der Waals surface area contributed by atoms with E-state index in [2.05, 4.69) is 42.5 Å². The van der Waals surface area contributed by atoms with Gasteiger partial charge in [-0.15, -0.1) is 0 Å². The summed E-state index contributed by atoms with van der Waals surface area (Å²) in [6, 6.07) is 18.8. The van der Waals surface area contributed by atoms with Crippen molar-refractivity contribution in [2.45, 2.75) is 98.0 Å². The van der Waals surface area contributed by atoms with Gasteiger partial charge in [-0.2, -0.15) is 0 Å². The van der Waals surface area contributed by atoms with Crippen molar-refractivity contribution in [3.05, 3.63) is 65.7 Å². The van der Waals surface area contributed by atoms with E-state index in [0.29, 0.717) is 25.7 Å². The predicted octanol–water partition coefficient (Wildman–Crippen LogP) is 7.24. The van der Waals surface area contributed by atoms with Gasteiger partial charge in [0.2, 0.25) is 0 Å². The van der Waals surface area contributed by atoms with Crippen molar-refractivity contribution >= 4 is 23.9 Å². The molecule has 0 spiro atoms. The number of hydrogen-bond donors (Lipinski definition) is 4. The Hall–Kier alpha value is -3.88. The van der Waals surface area contributed by atoms with Crippen LogP contribution in [0.25, 0.3) is 0 Å². The number of aryl methyl sites for hydroxylation is 1. The molecule has 9 nitrogen and oxygen atoms in total. The number of hydrogen-bond acceptors (Lipinski definition) is 5. The number of fused-ring (bicyclic) bond motifs is 1. The molecule has 1 atom stereocenters. The monoisotopic (exact) mass is 562 g/mol. The van der Waals surface area contributed by atoms with Crippen LogP contribution >= 0.6 is 0 Å². The van der Waals surface area contributed by atoms with Crippen LogP contribution in [0.2, 0.25) is 0 Å². The summed E-state index contributed by atoms with van der Waals surface area (Å²) >= 11 is 0. The number of para-hydroxylation sites is 1. The lowest BCUT2D eigenvalue weighted by molar-refractivity contribution is -0.138. The van der Waals surface area contributed by atoms with E-state index in [-0.39, 0.29) is 6.10 Å². The summed E-state index contributed by atoms with van der Waals surface area (Å²) in [6.45, 7) is 7.37. The molecule has 0 saturated heterocycles. The van der Waals surface area contributed by atoms with E-state index >= 15 is 0 Å². The number of benzene rings is 2. The van der Waals surface area contributed by atoms with E-state index < -0.39 is 23.9 Å². The van der Waals surface area contributed by atoms with E-state index in [1.54, 1.807) is 0 Å². The zero-order valence-electron chi connectivity index (χ0n) is 24.2. The van der Waals surface area contributed by atoms with Crippen molar-refractivity contribution in [3.63, 3.8) is 0 Å². The minimum absolute atomic E-state index is 0.219. The lowest BCUT2D eigenvalue weighted by Gasteiger charge is -2.26. The second-order valence-corrected chi connectivity index (χ2v) is 8.74. The zero-order chi connectivity index (χ0) is 30.8. The summed E-state index contributed by atoms with van der Waals surface area (Å²) in [5.41, 5.74) is 2.60. The molecule has 1 heterocycles. The van der Waals surface area contributed by atoms with Gasteiger partial charge in [0.1, 0.15) is 11.9 Å². The molecule has 2 aromatic carbocycles. The highest BCUT2D eigenvalue weighted by Gasteiger charge is 2.20. The lowest BCUT2D eigenvalue weighted by Crippen LogP contribution is -2.14. The third-order valence-corrected chi connectivity index (χ3v) is 4.94. The normalized spacial score (nSPS) is 12.3. The molecule has 1 unspecified atom stereocenters. The summed E-state index contributed by atoms with van der Waals surface area (Å²) in [5.74, 6) is -1.80. The Morgan fingerprint density at radius 3 is 1.35 bits per heavy atom. The molecule has 0 aliphatic carbocycles. The van der Waals surface area contributed by atoms with Crippen molar-refractivity contribution in [2.24, 2.45) is 0 Å². The second kappa shape index (κ2) is 25.4. The Morgan fingerprint density at radius 2 is 1.00 bits per heavy atom. The molecule has 40 heavy (non-hydrogen) atoms. The number of aliphatic carboxylic acids is 4. The first kappa shape index (κ1) is 38.3. The third kappa shape index (κ3) is 23.3.